The van der Waals surface area contributed by atoms with E-state index in [-0.39, 0.29) is 30.5 Å². The minimum Gasteiger partial charge on any atom is -0.346 e. The molecule has 2 heterocycles. The third kappa shape index (κ3) is 2.50. The molecule has 2 aromatic carbocycles. The molecule has 2 aliphatic heterocycles. The van der Waals surface area contributed by atoms with E-state index in [0.717, 1.165) is 5.56 Å². The predicted molar refractivity (Wildman–Crippen MR) is 101 cm³/mol. The molecule has 2 aromatic rings. The van der Waals surface area contributed by atoms with Gasteiger partial charge in [0.2, 0.25) is 11.6 Å². The molecule has 28 heavy (non-hydrogen) atoms. The topological polar surface area (TPSA) is 69.7 Å². The maximum Gasteiger partial charge on any atom is 0.267 e. The van der Waals surface area contributed by atoms with Crippen molar-refractivity contribution in [2.75, 3.05) is 11.9 Å². The highest BCUT2D eigenvalue weighted by Crippen LogP contribution is 2.44. The lowest BCUT2D eigenvalue weighted by Gasteiger charge is -2.47. The van der Waals surface area contributed by atoms with E-state index in [4.69, 9.17) is 0 Å². The summed E-state index contributed by atoms with van der Waals surface area (Å²) >= 11 is 0. The van der Waals surface area contributed by atoms with Gasteiger partial charge >= 0.3 is 0 Å². The number of fused-ring (bicyclic) bond motifs is 3. The summed E-state index contributed by atoms with van der Waals surface area (Å²) in [5.41, 5.74) is 0.178. The zero-order chi connectivity index (χ0) is 20.1. The summed E-state index contributed by atoms with van der Waals surface area (Å²) in [6.45, 7) is 1.78. The van der Waals surface area contributed by atoms with Gasteiger partial charge in [-0.1, -0.05) is 24.3 Å². The van der Waals surface area contributed by atoms with Gasteiger partial charge in [-0.15, -0.1) is 0 Å². The van der Waals surface area contributed by atoms with Crippen LogP contribution in [-0.4, -0.2) is 35.3 Å². The molecule has 1 fully saturated rings. The van der Waals surface area contributed by atoms with Crippen LogP contribution < -0.4 is 10.2 Å². The smallest absolute Gasteiger partial charge is 0.267 e. The predicted octanol–water partition coefficient (Wildman–Crippen LogP) is 2.61. The van der Waals surface area contributed by atoms with Crippen molar-refractivity contribution in [2.24, 2.45) is 0 Å². The van der Waals surface area contributed by atoms with E-state index >= 15 is 0 Å². The highest BCUT2D eigenvalue weighted by molar-refractivity contribution is 6.16. The van der Waals surface area contributed by atoms with Crippen LogP contribution in [0.2, 0.25) is 0 Å². The van der Waals surface area contributed by atoms with Crippen molar-refractivity contribution >= 4 is 23.4 Å². The van der Waals surface area contributed by atoms with Gasteiger partial charge in [-0.2, -0.15) is 0 Å². The summed E-state index contributed by atoms with van der Waals surface area (Å²) in [4.78, 5) is 41.8. The van der Waals surface area contributed by atoms with Gasteiger partial charge in [0.15, 0.2) is 0 Å². The first kappa shape index (κ1) is 18.2. The zero-order valence-electron chi connectivity index (χ0n) is 15.6. The van der Waals surface area contributed by atoms with Crippen LogP contribution in [0.25, 0.3) is 0 Å². The Morgan fingerprint density at radius 3 is 2.54 bits per heavy atom. The largest absolute Gasteiger partial charge is 0.346 e. The third-order valence-electron chi connectivity index (χ3n) is 5.62. The van der Waals surface area contributed by atoms with Crippen molar-refractivity contribution in [3.05, 3.63) is 65.5 Å². The maximum absolute atomic E-state index is 13.4. The Morgan fingerprint density at radius 1 is 1.14 bits per heavy atom. The van der Waals surface area contributed by atoms with Gasteiger partial charge in [0.1, 0.15) is 5.82 Å². The number of halogens is 1. The van der Waals surface area contributed by atoms with Crippen LogP contribution in [-0.2, 0) is 9.59 Å². The summed E-state index contributed by atoms with van der Waals surface area (Å²) in [5.74, 6) is -1.29. The summed E-state index contributed by atoms with van der Waals surface area (Å²) in [5, 5.41) is 2.90. The maximum atomic E-state index is 13.4. The summed E-state index contributed by atoms with van der Waals surface area (Å²) in [6, 6.07) is 12.3. The fourth-order valence-corrected chi connectivity index (χ4v) is 4.08. The fraction of sp³-hybridized carbons (Fsp3) is 0.286. The van der Waals surface area contributed by atoms with E-state index < -0.39 is 17.6 Å². The molecular weight excluding hydrogens is 361 g/mol. The number of hydrogen-bond donors (Lipinski definition) is 1. The van der Waals surface area contributed by atoms with E-state index in [9.17, 15) is 18.8 Å². The van der Waals surface area contributed by atoms with Crippen molar-refractivity contribution in [2.45, 2.75) is 31.5 Å². The van der Waals surface area contributed by atoms with E-state index in [2.05, 4.69) is 5.32 Å². The van der Waals surface area contributed by atoms with E-state index in [1.165, 1.54) is 21.9 Å². The fourth-order valence-electron chi connectivity index (χ4n) is 4.08. The van der Waals surface area contributed by atoms with Crippen molar-refractivity contribution in [3.63, 3.8) is 0 Å². The van der Waals surface area contributed by atoms with Crippen molar-refractivity contribution in [1.82, 2.24) is 10.2 Å². The Hall–Kier alpha value is -3.22. The molecule has 0 radical (unpaired) electrons. The lowest BCUT2D eigenvalue weighted by molar-refractivity contribution is -0.133. The number of carbonyl (C=O) groups is 3. The molecule has 6 nitrogen and oxygen atoms in total. The van der Waals surface area contributed by atoms with E-state index in [1.54, 1.807) is 50.4 Å². The minimum absolute atomic E-state index is 0.171. The molecule has 0 aliphatic carbocycles. The number of amides is 3. The van der Waals surface area contributed by atoms with Gasteiger partial charge in [0.25, 0.3) is 11.8 Å². The van der Waals surface area contributed by atoms with Gasteiger partial charge in [-0.05, 0) is 36.8 Å². The second-order valence-electron chi connectivity index (χ2n) is 7.17. The van der Waals surface area contributed by atoms with Gasteiger partial charge in [-0.3, -0.25) is 19.3 Å². The van der Waals surface area contributed by atoms with Crippen LogP contribution in [0.4, 0.5) is 10.1 Å². The molecule has 144 valence electrons. The number of hydrogen-bond acceptors (Lipinski definition) is 3. The summed E-state index contributed by atoms with van der Waals surface area (Å²) < 4.78 is 13.2. The number of benzene rings is 2. The van der Waals surface area contributed by atoms with Crippen LogP contribution in [0, 0.1) is 5.82 Å². The normalized spacial score (nSPS) is 22.0. The van der Waals surface area contributed by atoms with Crippen LogP contribution in [0.5, 0.6) is 0 Å². The molecular formula is C21H20FN3O3. The molecule has 4 rings (SSSR count). The van der Waals surface area contributed by atoms with Crippen LogP contribution >= 0.6 is 0 Å². The quantitative estimate of drug-likeness (QED) is 0.889. The molecule has 2 unspecified atom stereocenters. The molecule has 1 saturated heterocycles. The van der Waals surface area contributed by atoms with Crippen LogP contribution in [0.1, 0.15) is 41.7 Å². The number of likely N-dealkylation sites (N-methyl/N-ethyl adjacent to an activating group) is 1. The van der Waals surface area contributed by atoms with Gasteiger partial charge in [0.05, 0.1) is 17.3 Å². The zero-order valence-corrected chi connectivity index (χ0v) is 15.6. The van der Waals surface area contributed by atoms with E-state index in [1.807, 2.05) is 0 Å². The van der Waals surface area contributed by atoms with Crippen LogP contribution in [0.15, 0.2) is 48.5 Å². The Balaban J connectivity index is 1.72. The molecule has 3 amide bonds. The SMILES string of the molecule is CC(NC(=O)C12CCC(=O)N1c1ccccc1C(=O)N2C)c1ccc(F)cc1. The molecule has 0 spiro atoms. The van der Waals surface area contributed by atoms with Crippen molar-refractivity contribution < 1.29 is 18.8 Å². The molecule has 7 heteroatoms. The molecule has 1 N–H and O–H groups in total. The Labute approximate surface area is 161 Å². The Bertz CT molecular complexity index is 975. The number of anilines is 1. The van der Waals surface area contributed by atoms with E-state index in [0.29, 0.717) is 11.3 Å². The number of para-hydroxylation sites is 1. The average molecular weight is 381 g/mol. The summed E-state index contributed by atoms with van der Waals surface area (Å²) in [6.07, 6.45) is 0.384. The molecule has 2 atom stereocenters. The second-order valence-corrected chi connectivity index (χ2v) is 7.17. The first-order chi connectivity index (χ1) is 13.4. The number of nitrogens with one attached hydrogen (secondary N) is 1. The summed E-state index contributed by atoms with van der Waals surface area (Å²) in [7, 11) is 1.55. The Morgan fingerprint density at radius 2 is 1.82 bits per heavy atom. The first-order valence-electron chi connectivity index (χ1n) is 9.13. The Kier molecular flexibility index (Phi) is 4.18. The number of rotatable bonds is 3. The number of nitrogens with zero attached hydrogens (tertiary/aromatic N) is 2. The van der Waals surface area contributed by atoms with Gasteiger partial charge < -0.3 is 10.2 Å². The van der Waals surface area contributed by atoms with Crippen molar-refractivity contribution in [3.8, 4) is 0 Å². The monoisotopic (exact) mass is 381 g/mol. The molecule has 2 aliphatic rings. The average Bonchev–Trinajstić information content (AvgIpc) is 3.05. The lowest BCUT2D eigenvalue weighted by atomic mass is 9.95. The minimum atomic E-state index is -1.41. The standard InChI is InChI=1S/C21H20FN3O3/c1-13(14-7-9-15(22)10-8-14)23-20(28)21-12-11-18(26)25(21)17-6-4-3-5-16(17)19(27)24(21)2/h3-10,13H,11-12H2,1-2H3,(H,23,28). The molecule has 0 aromatic heterocycles. The third-order valence-corrected chi connectivity index (χ3v) is 5.62. The highest BCUT2D eigenvalue weighted by Gasteiger charge is 2.59. The van der Waals surface area contributed by atoms with Gasteiger partial charge in [-0.25, -0.2) is 4.39 Å². The molecule has 0 saturated carbocycles. The first-order valence-corrected chi connectivity index (χ1v) is 9.13. The molecule has 0 bridgehead atoms. The van der Waals surface area contributed by atoms with Crippen LogP contribution in [0.3, 0.4) is 0 Å². The number of carbonyl (C=O) groups excluding carboxylic acids is 3. The van der Waals surface area contributed by atoms with Gasteiger partial charge in [0, 0.05) is 19.9 Å². The lowest BCUT2D eigenvalue weighted by Crippen LogP contribution is -2.69. The highest BCUT2D eigenvalue weighted by atomic mass is 19.1. The van der Waals surface area contributed by atoms with Crippen molar-refractivity contribution in [1.29, 1.82) is 0 Å². The second kappa shape index (κ2) is 6.44.